The number of aromatic nitrogens is 2. The first-order valence-electron chi connectivity index (χ1n) is 9.37. The van der Waals surface area contributed by atoms with Crippen LogP contribution in [0.15, 0.2) is 42.5 Å². The van der Waals surface area contributed by atoms with E-state index in [0.29, 0.717) is 11.5 Å². The lowest BCUT2D eigenvalue weighted by Crippen LogP contribution is -2.45. The quantitative estimate of drug-likeness (QED) is 0.731. The molecule has 1 aliphatic rings. The molecule has 0 radical (unpaired) electrons. The van der Waals surface area contributed by atoms with Crippen LogP contribution in [0.4, 0.5) is 17.5 Å². The highest BCUT2D eigenvalue weighted by atomic mass is 16.5. The minimum absolute atomic E-state index is 0.655. The van der Waals surface area contributed by atoms with Gasteiger partial charge in [0, 0.05) is 43.3 Å². The molecule has 0 aliphatic carbocycles. The Morgan fingerprint density at radius 3 is 2.25 bits per heavy atom. The first-order chi connectivity index (χ1) is 13.7. The van der Waals surface area contributed by atoms with Crippen molar-refractivity contribution in [2.24, 2.45) is 0 Å². The molecule has 146 valence electrons. The Morgan fingerprint density at radius 1 is 0.893 bits per heavy atom. The third-order valence-electron chi connectivity index (χ3n) is 5.01. The molecule has 0 bridgehead atoms. The SMILES string of the molecule is COc1cc2nc(N3CCN(C)CC3)nc(Nc3ccccc3)c2cc1OC. The van der Waals surface area contributed by atoms with Gasteiger partial charge in [-0.15, -0.1) is 0 Å². The van der Waals surface area contributed by atoms with Crippen LogP contribution in [0.25, 0.3) is 10.9 Å². The molecule has 1 saturated heterocycles. The Labute approximate surface area is 164 Å². The molecule has 28 heavy (non-hydrogen) atoms. The summed E-state index contributed by atoms with van der Waals surface area (Å²) in [4.78, 5) is 14.2. The summed E-state index contributed by atoms with van der Waals surface area (Å²) in [6.45, 7) is 3.80. The number of benzene rings is 2. The van der Waals surface area contributed by atoms with Crippen LogP contribution in [0.1, 0.15) is 0 Å². The molecule has 1 fully saturated rings. The maximum Gasteiger partial charge on any atom is 0.227 e. The zero-order chi connectivity index (χ0) is 19.5. The molecule has 0 unspecified atom stereocenters. The van der Waals surface area contributed by atoms with Crippen LogP contribution in [-0.2, 0) is 0 Å². The number of likely N-dealkylation sites (N-methyl/N-ethyl adjacent to an activating group) is 1. The van der Waals surface area contributed by atoms with Crippen molar-refractivity contribution in [1.82, 2.24) is 14.9 Å². The molecule has 1 N–H and O–H groups in total. The van der Waals surface area contributed by atoms with Gasteiger partial charge in [-0.05, 0) is 25.2 Å². The van der Waals surface area contributed by atoms with Gasteiger partial charge in [0.2, 0.25) is 5.95 Å². The molecule has 4 rings (SSSR count). The first kappa shape index (κ1) is 18.3. The predicted molar refractivity (Wildman–Crippen MR) is 112 cm³/mol. The number of rotatable bonds is 5. The molecule has 7 nitrogen and oxygen atoms in total. The van der Waals surface area contributed by atoms with Gasteiger partial charge in [-0.25, -0.2) is 4.98 Å². The van der Waals surface area contributed by atoms with Gasteiger partial charge in [-0.2, -0.15) is 4.98 Å². The van der Waals surface area contributed by atoms with Crippen LogP contribution in [-0.4, -0.2) is 62.3 Å². The Hall–Kier alpha value is -3.06. The number of hydrogen-bond acceptors (Lipinski definition) is 7. The molecule has 0 amide bonds. The maximum absolute atomic E-state index is 5.48. The summed E-state index contributed by atoms with van der Waals surface area (Å²) in [5.74, 6) is 2.79. The highest BCUT2D eigenvalue weighted by Crippen LogP contribution is 2.36. The van der Waals surface area contributed by atoms with E-state index in [0.717, 1.165) is 54.5 Å². The molecular weight excluding hydrogens is 354 g/mol. The Kier molecular flexibility index (Phi) is 5.16. The van der Waals surface area contributed by atoms with Gasteiger partial charge in [0.15, 0.2) is 11.5 Å². The monoisotopic (exact) mass is 379 g/mol. The van der Waals surface area contributed by atoms with E-state index in [2.05, 4.69) is 22.2 Å². The number of anilines is 3. The van der Waals surface area contributed by atoms with Gasteiger partial charge in [0.25, 0.3) is 0 Å². The molecule has 1 aromatic heterocycles. The summed E-state index contributed by atoms with van der Waals surface area (Å²) in [6.07, 6.45) is 0. The van der Waals surface area contributed by atoms with E-state index in [-0.39, 0.29) is 0 Å². The second-order valence-corrected chi connectivity index (χ2v) is 6.88. The fraction of sp³-hybridized carbons (Fsp3) is 0.333. The van der Waals surface area contributed by atoms with Crippen molar-refractivity contribution in [3.05, 3.63) is 42.5 Å². The van der Waals surface area contributed by atoms with Crippen LogP contribution in [0, 0.1) is 0 Å². The van der Waals surface area contributed by atoms with Crippen LogP contribution in [0.2, 0.25) is 0 Å². The highest BCUT2D eigenvalue weighted by Gasteiger charge is 2.20. The van der Waals surface area contributed by atoms with Crippen molar-refractivity contribution in [3.8, 4) is 11.5 Å². The van der Waals surface area contributed by atoms with Gasteiger partial charge in [0.05, 0.1) is 19.7 Å². The molecule has 2 heterocycles. The lowest BCUT2D eigenvalue weighted by atomic mass is 10.2. The Balaban J connectivity index is 1.82. The summed E-state index contributed by atoms with van der Waals surface area (Å²) >= 11 is 0. The number of methoxy groups -OCH3 is 2. The molecule has 1 aliphatic heterocycles. The van der Waals surface area contributed by atoms with Crippen molar-refractivity contribution < 1.29 is 9.47 Å². The van der Waals surface area contributed by atoms with Crippen molar-refractivity contribution in [3.63, 3.8) is 0 Å². The number of hydrogen-bond donors (Lipinski definition) is 1. The van der Waals surface area contributed by atoms with Crippen molar-refractivity contribution >= 4 is 28.4 Å². The van der Waals surface area contributed by atoms with E-state index in [4.69, 9.17) is 19.4 Å². The number of nitrogens with one attached hydrogen (secondary N) is 1. The molecule has 3 aromatic rings. The van der Waals surface area contributed by atoms with Crippen molar-refractivity contribution in [2.45, 2.75) is 0 Å². The normalized spacial score (nSPS) is 14.9. The Bertz CT molecular complexity index is 956. The summed E-state index contributed by atoms with van der Waals surface area (Å²) < 4.78 is 11.0. The summed E-state index contributed by atoms with van der Waals surface area (Å²) in [7, 11) is 5.40. The topological polar surface area (TPSA) is 62.8 Å². The largest absolute Gasteiger partial charge is 0.493 e. The second-order valence-electron chi connectivity index (χ2n) is 6.88. The van der Waals surface area contributed by atoms with Gasteiger partial charge >= 0.3 is 0 Å². The van der Waals surface area contributed by atoms with Gasteiger partial charge in [0.1, 0.15) is 5.82 Å². The fourth-order valence-electron chi connectivity index (χ4n) is 3.34. The number of para-hydroxylation sites is 1. The minimum atomic E-state index is 0.655. The van der Waals surface area contributed by atoms with Gasteiger partial charge in [-0.1, -0.05) is 18.2 Å². The van der Waals surface area contributed by atoms with E-state index in [9.17, 15) is 0 Å². The highest BCUT2D eigenvalue weighted by molar-refractivity contribution is 5.94. The summed E-state index contributed by atoms with van der Waals surface area (Å²) in [5, 5.41) is 4.33. The average molecular weight is 379 g/mol. The number of fused-ring (bicyclic) bond motifs is 1. The van der Waals surface area contributed by atoms with Gasteiger partial charge in [-0.3, -0.25) is 0 Å². The van der Waals surface area contributed by atoms with Gasteiger partial charge < -0.3 is 24.6 Å². The van der Waals surface area contributed by atoms with Crippen molar-refractivity contribution in [1.29, 1.82) is 0 Å². The smallest absolute Gasteiger partial charge is 0.227 e. The number of piperazine rings is 1. The summed E-state index contributed by atoms with van der Waals surface area (Å²) in [6, 6.07) is 13.9. The fourth-order valence-corrected chi connectivity index (χ4v) is 3.34. The lowest BCUT2D eigenvalue weighted by Gasteiger charge is -2.32. The number of nitrogens with zero attached hydrogens (tertiary/aromatic N) is 4. The third kappa shape index (κ3) is 3.66. The maximum atomic E-state index is 5.48. The first-order valence-corrected chi connectivity index (χ1v) is 9.37. The van der Waals surface area contributed by atoms with E-state index < -0.39 is 0 Å². The standard InChI is InChI=1S/C21H25N5O2/c1-25-9-11-26(12-10-25)21-23-17-14-19(28-3)18(27-2)13-16(17)20(24-21)22-15-7-5-4-6-8-15/h4-8,13-14H,9-12H2,1-3H3,(H,22,23,24). The molecule has 0 saturated carbocycles. The van der Waals surface area contributed by atoms with Crippen molar-refractivity contribution in [2.75, 3.05) is 57.7 Å². The Morgan fingerprint density at radius 2 is 1.57 bits per heavy atom. The molecule has 0 atom stereocenters. The zero-order valence-corrected chi connectivity index (χ0v) is 16.5. The number of ether oxygens (including phenoxy) is 2. The molecule has 7 heteroatoms. The molecule has 0 spiro atoms. The second kappa shape index (κ2) is 7.90. The summed E-state index contributed by atoms with van der Waals surface area (Å²) in [5.41, 5.74) is 1.79. The third-order valence-corrected chi connectivity index (χ3v) is 5.01. The van der Waals surface area contributed by atoms with E-state index >= 15 is 0 Å². The zero-order valence-electron chi connectivity index (χ0n) is 16.5. The minimum Gasteiger partial charge on any atom is -0.493 e. The predicted octanol–water partition coefficient (Wildman–Crippen LogP) is 3.14. The van der Waals surface area contributed by atoms with E-state index in [1.807, 2.05) is 42.5 Å². The van der Waals surface area contributed by atoms with Crippen LogP contribution >= 0.6 is 0 Å². The van der Waals surface area contributed by atoms with Crippen LogP contribution in [0.5, 0.6) is 11.5 Å². The van der Waals surface area contributed by atoms with E-state index in [1.54, 1.807) is 14.2 Å². The molecule has 2 aromatic carbocycles. The van der Waals surface area contributed by atoms with E-state index in [1.165, 1.54) is 0 Å². The molecular formula is C21H25N5O2. The van der Waals surface area contributed by atoms with Crippen LogP contribution in [0.3, 0.4) is 0 Å². The lowest BCUT2D eigenvalue weighted by molar-refractivity contribution is 0.311. The van der Waals surface area contributed by atoms with Crippen LogP contribution < -0.4 is 19.7 Å². The average Bonchev–Trinajstić information content (AvgIpc) is 2.74.